The lowest BCUT2D eigenvalue weighted by Gasteiger charge is -2.33. The molecule has 2 aliphatic rings. The second kappa shape index (κ2) is 7.69. The highest BCUT2D eigenvalue weighted by Crippen LogP contribution is 2.45. The predicted octanol–water partition coefficient (Wildman–Crippen LogP) is 4.44. The van der Waals surface area contributed by atoms with E-state index in [1.807, 2.05) is 18.2 Å². The van der Waals surface area contributed by atoms with Gasteiger partial charge in [0.2, 0.25) is 0 Å². The molecule has 2 fully saturated rings. The van der Waals surface area contributed by atoms with E-state index in [1.165, 1.54) is 17.7 Å². The number of carboxylic acids is 1. The van der Waals surface area contributed by atoms with E-state index in [4.69, 9.17) is 4.74 Å². The van der Waals surface area contributed by atoms with Crippen LogP contribution < -0.4 is 4.74 Å². The number of carbonyl (C=O) groups is 1. The molecule has 0 amide bonds. The number of hydrogen-bond donors (Lipinski definition) is 1. The number of hydrogen-bond acceptors (Lipinski definition) is 3. The molecule has 0 aromatic heterocycles. The Morgan fingerprint density at radius 2 is 1.96 bits per heavy atom. The van der Waals surface area contributed by atoms with Gasteiger partial charge in [-0.3, -0.25) is 4.90 Å². The minimum absolute atomic E-state index is 0.00459. The van der Waals surface area contributed by atoms with E-state index in [2.05, 4.69) is 17.0 Å². The summed E-state index contributed by atoms with van der Waals surface area (Å²) >= 11 is 0. The Morgan fingerprint density at radius 1 is 1.19 bits per heavy atom. The second-order valence-corrected chi connectivity index (χ2v) is 7.55. The zero-order chi connectivity index (χ0) is 18.8. The Morgan fingerprint density at radius 3 is 2.67 bits per heavy atom. The molecule has 5 heteroatoms. The Labute approximate surface area is 158 Å². The van der Waals surface area contributed by atoms with Crippen molar-refractivity contribution in [3.8, 4) is 5.75 Å². The molecule has 0 unspecified atom stereocenters. The van der Waals surface area contributed by atoms with Crippen LogP contribution in [0, 0.1) is 5.82 Å². The third-order valence-corrected chi connectivity index (χ3v) is 5.35. The zero-order valence-electron chi connectivity index (χ0n) is 15.2. The highest BCUT2D eigenvalue weighted by molar-refractivity contribution is 5.88. The van der Waals surface area contributed by atoms with Crippen molar-refractivity contribution in [1.29, 1.82) is 0 Å². The number of piperidine rings is 1. The summed E-state index contributed by atoms with van der Waals surface area (Å²) in [4.78, 5) is 13.6. The average Bonchev–Trinajstić information content (AvgIpc) is 3.48. The van der Waals surface area contributed by atoms with E-state index in [1.54, 1.807) is 0 Å². The lowest BCUT2D eigenvalue weighted by molar-refractivity contribution is 0.0691. The van der Waals surface area contributed by atoms with Crippen LogP contribution in [0.5, 0.6) is 5.75 Å². The maximum Gasteiger partial charge on any atom is 0.338 e. The van der Waals surface area contributed by atoms with Gasteiger partial charge in [0.1, 0.15) is 17.7 Å². The molecule has 142 valence electrons. The number of rotatable bonds is 6. The highest BCUT2D eigenvalue weighted by Gasteiger charge is 2.31. The molecule has 4 nitrogen and oxygen atoms in total. The summed E-state index contributed by atoms with van der Waals surface area (Å²) in [5.41, 5.74) is 1.85. The van der Waals surface area contributed by atoms with Crippen molar-refractivity contribution in [1.82, 2.24) is 4.90 Å². The summed E-state index contributed by atoms with van der Waals surface area (Å²) in [7, 11) is 0. The van der Waals surface area contributed by atoms with Crippen LogP contribution in [0.25, 0.3) is 0 Å². The van der Waals surface area contributed by atoms with Gasteiger partial charge in [0.05, 0.1) is 5.56 Å². The summed E-state index contributed by atoms with van der Waals surface area (Å²) < 4.78 is 20.4. The first-order valence-corrected chi connectivity index (χ1v) is 9.60. The van der Waals surface area contributed by atoms with E-state index in [9.17, 15) is 14.3 Å². The number of halogens is 1. The molecule has 2 aromatic rings. The summed E-state index contributed by atoms with van der Waals surface area (Å²) in [5, 5.41) is 9.19. The molecule has 1 aliphatic heterocycles. The molecule has 1 saturated heterocycles. The maximum atomic E-state index is 14.2. The number of ether oxygens (including phenoxy) is 1. The van der Waals surface area contributed by atoms with Crippen molar-refractivity contribution in [2.75, 3.05) is 13.1 Å². The Bertz CT molecular complexity index is 820. The largest absolute Gasteiger partial charge is 0.489 e. The third-order valence-electron chi connectivity index (χ3n) is 5.35. The van der Waals surface area contributed by atoms with Gasteiger partial charge in [0.25, 0.3) is 0 Å². The first-order chi connectivity index (χ1) is 13.1. The molecule has 4 rings (SSSR count). The van der Waals surface area contributed by atoms with E-state index in [0.29, 0.717) is 11.7 Å². The van der Waals surface area contributed by atoms with Crippen molar-refractivity contribution in [2.45, 2.75) is 44.2 Å². The van der Waals surface area contributed by atoms with Crippen LogP contribution in [0.4, 0.5) is 4.39 Å². The van der Waals surface area contributed by atoms with Crippen LogP contribution in [-0.4, -0.2) is 35.2 Å². The van der Waals surface area contributed by atoms with Crippen LogP contribution in [0.2, 0.25) is 0 Å². The molecule has 0 spiro atoms. The number of benzene rings is 2. The molecule has 0 radical (unpaired) electrons. The molecule has 27 heavy (non-hydrogen) atoms. The van der Waals surface area contributed by atoms with E-state index >= 15 is 0 Å². The van der Waals surface area contributed by atoms with E-state index < -0.39 is 11.8 Å². The quantitative estimate of drug-likeness (QED) is 0.818. The van der Waals surface area contributed by atoms with Crippen molar-refractivity contribution in [2.24, 2.45) is 0 Å². The monoisotopic (exact) mass is 369 g/mol. The molecule has 1 saturated carbocycles. The number of carboxylic acid groups (broad SMARTS) is 1. The summed E-state index contributed by atoms with van der Waals surface area (Å²) in [5.74, 6) is -1.14. The van der Waals surface area contributed by atoms with Gasteiger partial charge < -0.3 is 9.84 Å². The van der Waals surface area contributed by atoms with Crippen LogP contribution in [0.1, 0.15) is 53.1 Å². The minimum Gasteiger partial charge on any atom is -0.489 e. The zero-order valence-corrected chi connectivity index (χ0v) is 15.2. The van der Waals surface area contributed by atoms with Gasteiger partial charge in [-0.15, -0.1) is 0 Å². The number of nitrogens with zero attached hydrogens (tertiary/aromatic N) is 1. The first-order valence-electron chi connectivity index (χ1n) is 9.60. The van der Waals surface area contributed by atoms with Crippen LogP contribution in [0.3, 0.4) is 0 Å². The van der Waals surface area contributed by atoms with Crippen molar-refractivity contribution >= 4 is 5.97 Å². The first kappa shape index (κ1) is 18.0. The fraction of sp³-hybridized carbons (Fsp3) is 0.409. The van der Waals surface area contributed by atoms with E-state index in [0.717, 1.165) is 50.9 Å². The van der Waals surface area contributed by atoms with Gasteiger partial charge in [-0.25, -0.2) is 9.18 Å². The van der Waals surface area contributed by atoms with Gasteiger partial charge in [-0.1, -0.05) is 30.3 Å². The summed E-state index contributed by atoms with van der Waals surface area (Å²) in [6, 6.07) is 13.1. The molecule has 1 atom stereocenters. The summed E-state index contributed by atoms with van der Waals surface area (Å²) in [6.45, 7) is 2.69. The standard InChI is InChI=1S/C22H24FNO3/c23-20-12-21(18(16-8-9-16)11-19(20)22(25)26)27-17-7-4-10-24(14-17)13-15-5-2-1-3-6-15/h1-3,5-6,11-12,16-17H,4,7-10,13-14H2,(H,25,26)/t17-/m1/s1. The van der Waals surface area contributed by atoms with Gasteiger partial charge in [-0.2, -0.15) is 0 Å². The molecule has 0 bridgehead atoms. The Kier molecular flexibility index (Phi) is 5.12. The Balaban J connectivity index is 1.48. The average molecular weight is 369 g/mol. The lowest BCUT2D eigenvalue weighted by Crippen LogP contribution is -2.40. The minimum atomic E-state index is -1.23. The molecule has 2 aromatic carbocycles. The maximum absolute atomic E-state index is 14.2. The van der Waals surface area contributed by atoms with Crippen LogP contribution in [-0.2, 0) is 6.54 Å². The van der Waals surface area contributed by atoms with Gasteiger partial charge in [0.15, 0.2) is 0 Å². The molecular formula is C22H24FNO3. The topological polar surface area (TPSA) is 49.8 Å². The Hall–Kier alpha value is -2.40. The van der Waals surface area contributed by atoms with Crippen molar-refractivity contribution in [3.63, 3.8) is 0 Å². The number of likely N-dealkylation sites (tertiary alicyclic amines) is 1. The van der Waals surface area contributed by atoms with Gasteiger partial charge in [0, 0.05) is 19.2 Å². The SMILES string of the molecule is O=C(O)c1cc(C2CC2)c(O[C@@H]2CCCN(Cc3ccccc3)C2)cc1F. The molecule has 1 heterocycles. The fourth-order valence-corrected chi connectivity index (χ4v) is 3.83. The van der Waals surface area contributed by atoms with E-state index in [-0.39, 0.29) is 11.7 Å². The molecule has 1 N–H and O–H groups in total. The molecule has 1 aliphatic carbocycles. The van der Waals surface area contributed by atoms with Crippen molar-refractivity contribution in [3.05, 3.63) is 65.0 Å². The van der Waals surface area contributed by atoms with Crippen molar-refractivity contribution < 1.29 is 19.0 Å². The third kappa shape index (κ3) is 4.30. The summed E-state index contributed by atoms with van der Waals surface area (Å²) in [6.07, 6.45) is 3.97. The van der Waals surface area contributed by atoms with Crippen LogP contribution >= 0.6 is 0 Å². The highest BCUT2D eigenvalue weighted by atomic mass is 19.1. The number of aromatic carboxylic acids is 1. The molecular weight excluding hydrogens is 345 g/mol. The lowest BCUT2D eigenvalue weighted by atomic mass is 10.0. The normalized spacial score (nSPS) is 20.4. The predicted molar refractivity (Wildman–Crippen MR) is 101 cm³/mol. The second-order valence-electron chi connectivity index (χ2n) is 7.55. The smallest absolute Gasteiger partial charge is 0.338 e. The van der Waals surface area contributed by atoms with Gasteiger partial charge in [-0.05, 0) is 55.3 Å². The van der Waals surface area contributed by atoms with Gasteiger partial charge >= 0.3 is 5.97 Å². The fourth-order valence-electron chi connectivity index (χ4n) is 3.83. The van der Waals surface area contributed by atoms with Crippen LogP contribution in [0.15, 0.2) is 42.5 Å².